The van der Waals surface area contributed by atoms with Gasteiger partial charge < -0.3 is 4.74 Å². The molecule has 1 atom stereocenters. The van der Waals surface area contributed by atoms with Crippen molar-refractivity contribution < 1.29 is 9.53 Å². The van der Waals surface area contributed by atoms with Crippen molar-refractivity contribution in [2.24, 2.45) is 0 Å². The van der Waals surface area contributed by atoms with Gasteiger partial charge in [-0.2, -0.15) is 0 Å². The predicted octanol–water partition coefficient (Wildman–Crippen LogP) is 4.08. The molecular weight excluding hydrogens is 188 g/mol. The van der Waals surface area contributed by atoms with Gasteiger partial charge in [-0.15, -0.1) is 0 Å². The van der Waals surface area contributed by atoms with E-state index in [2.05, 4.69) is 13.8 Å². The van der Waals surface area contributed by atoms with Crippen LogP contribution in [-0.2, 0) is 9.53 Å². The summed E-state index contributed by atoms with van der Waals surface area (Å²) in [6, 6.07) is 0. The van der Waals surface area contributed by atoms with E-state index in [9.17, 15) is 4.79 Å². The summed E-state index contributed by atoms with van der Waals surface area (Å²) in [4.78, 5) is 11.1. The largest absolute Gasteiger partial charge is 0.462 e. The minimum Gasteiger partial charge on any atom is -0.462 e. The lowest BCUT2D eigenvalue weighted by Crippen LogP contribution is -2.16. The summed E-state index contributed by atoms with van der Waals surface area (Å²) in [5.74, 6) is -0.0598. The molecule has 0 spiro atoms. The standard InChI is InChI=1S/C13H26O2/c1-4-7-8-9-10-11-12(5-2)15-13(14)6-3/h12H,4-11H2,1-3H3. The first-order valence-corrected chi connectivity index (χ1v) is 6.44. The molecule has 0 aromatic rings. The summed E-state index contributed by atoms with van der Waals surface area (Å²) in [7, 11) is 0. The van der Waals surface area contributed by atoms with E-state index in [1.54, 1.807) is 0 Å². The Morgan fingerprint density at radius 1 is 1.07 bits per heavy atom. The van der Waals surface area contributed by atoms with Crippen LogP contribution >= 0.6 is 0 Å². The maximum Gasteiger partial charge on any atom is 0.305 e. The Labute approximate surface area is 94.4 Å². The van der Waals surface area contributed by atoms with Crippen LogP contribution in [0.4, 0.5) is 0 Å². The minimum atomic E-state index is -0.0598. The Morgan fingerprint density at radius 2 is 1.73 bits per heavy atom. The first-order chi connectivity index (χ1) is 7.24. The fourth-order valence-corrected chi connectivity index (χ4v) is 1.59. The highest BCUT2D eigenvalue weighted by atomic mass is 16.5. The summed E-state index contributed by atoms with van der Waals surface area (Å²) in [5.41, 5.74) is 0. The van der Waals surface area contributed by atoms with Crippen molar-refractivity contribution >= 4 is 5.97 Å². The molecule has 0 aromatic carbocycles. The van der Waals surface area contributed by atoms with Crippen LogP contribution in [0.25, 0.3) is 0 Å². The Kier molecular flexibility index (Phi) is 9.65. The third kappa shape index (κ3) is 8.46. The van der Waals surface area contributed by atoms with Gasteiger partial charge in [0.15, 0.2) is 0 Å². The van der Waals surface area contributed by atoms with E-state index in [1.165, 1.54) is 32.1 Å². The highest BCUT2D eigenvalue weighted by molar-refractivity contribution is 5.69. The van der Waals surface area contributed by atoms with Gasteiger partial charge in [0.25, 0.3) is 0 Å². The Hall–Kier alpha value is -0.530. The molecule has 0 saturated carbocycles. The summed E-state index contributed by atoms with van der Waals surface area (Å²) in [6.45, 7) is 6.15. The van der Waals surface area contributed by atoms with Gasteiger partial charge in [0.2, 0.25) is 0 Å². The highest BCUT2D eigenvalue weighted by Crippen LogP contribution is 2.12. The zero-order chi connectivity index (χ0) is 11.5. The number of esters is 1. The fourth-order valence-electron chi connectivity index (χ4n) is 1.59. The van der Waals surface area contributed by atoms with Crippen LogP contribution in [0.15, 0.2) is 0 Å². The molecule has 0 heterocycles. The Balaban J connectivity index is 3.48. The molecule has 0 bridgehead atoms. The van der Waals surface area contributed by atoms with Crippen molar-refractivity contribution in [2.75, 3.05) is 0 Å². The number of ether oxygens (including phenoxy) is 1. The molecule has 0 amide bonds. The van der Waals surface area contributed by atoms with E-state index < -0.39 is 0 Å². The van der Waals surface area contributed by atoms with E-state index in [0.29, 0.717) is 6.42 Å². The number of hydrogen-bond donors (Lipinski definition) is 0. The number of unbranched alkanes of at least 4 members (excludes halogenated alkanes) is 4. The van der Waals surface area contributed by atoms with Gasteiger partial charge in [-0.3, -0.25) is 4.79 Å². The van der Waals surface area contributed by atoms with Gasteiger partial charge in [-0.1, -0.05) is 46.5 Å². The predicted molar refractivity (Wildman–Crippen MR) is 63.8 cm³/mol. The zero-order valence-electron chi connectivity index (χ0n) is 10.6. The molecule has 2 nitrogen and oxygen atoms in total. The number of carbonyl (C=O) groups excluding carboxylic acids is 1. The molecule has 0 aliphatic rings. The lowest BCUT2D eigenvalue weighted by molar-refractivity contribution is -0.149. The molecule has 0 saturated heterocycles. The first kappa shape index (κ1) is 14.5. The normalized spacial score (nSPS) is 12.5. The molecule has 0 N–H and O–H groups in total. The first-order valence-electron chi connectivity index (χ1n) is 6.44. The smallest absolute Gasteiger partial charge is 0.305 e. The van der Waals surface area contributed by atoms with Gasteiger partial charge in [0, 0.05) is 6.42 Å². The average Bonchev–Trinajstić information content (AvgIpc) is 2.26. The number of hydrogen-bond acceptors (Lipinski definition) is 2. The van der Waals surface area contributed by atoms with Crippen LogP contribution in [0.3, 0.4) is 0 Å². The molecule has 0 radical (unpaired) electrons. The van der Waals surface area contributed by atoms with Crippen LogP contribution in [-0.4, -0.2) is 12.1 Å². The molecule has 1 unspecified atom stereocenters. The lowest BCUT2D eigenvalue weighted by Gasteiger charge is -2.15. The molecule has 15 heavy (non-hydrogen) atoms. The third-order valence-corrected chi connectivity index (χ3v) is 2.67. The second kappa shape index (κ2) is 10.0. The van der Waals surface area contributed by atoms with Gasteiger partial charge in [0.1, 0.15) is 6.10 Å². The third-order valence-electron chi connectivity index (χ3n) is 2.67. The SMILES string of the molecule is CCCCCCCC(CC)OC(=O)CC. The summed E-state index contributed by atoms with van der Waals surface area (Å²) < 4.78 is 5.32. The highest BCUT2D eigenvalue weighted by Gasteiger charge is 2.10. The zero-order valence-corrected chi connectivity index (χ0v) is 10.6. The van der Waals surface area contributed by atoms with Crippen molar-refractivity contribution in [3.8, 4) is 0 Å². The summed E-state index contributed by atoms with van der Waals surface area (Å²) >= 11 is 0. The van der Waals surface area contributed by atoms with Crippen LogP contribution in [0.5, 0.6) is 0 Å². The van der Waals surface area contributed by atoms with Crippen molar-refractivity contribution in [1.29, 1.82) is 0 Å². The molecule has 0 fully saturated rings. The maximum absolute atomic E-state index is 11.1. The minimum absolute atomic E-state index is 0.0598. The quantitative estimate of drug-likeness (QED) is 0.427. The van der Waals surface area contributed by atoms with E-state index in [-0.39, 0.29) is 12.1 Å². The molecular formula is C13H26O2. The van der Waals surface area contributed by atoms with Gasteiger partial charge in [-0.25, -0.2) is 0 Å². The monoisotopic (exact) mass is 214 g/mol. The molecule has 0 aromatic heterocycles. The summed E-state index contributed by atoms with van der Waals surface area (Å²) in [6.07, 6.45) is 9.00. The van der Waals surface area contributed by atoms with E-state index >= 15 is 0 Å². The second-order valence-electron chi connectivity index (χ2n) is 4.08. The van der Waals surface area contributed by atoms with Gasteiger partial charge >= 0.3 is 5.97 Å². The Bertz CT molecular complexity index is 155. The molecule has 0 aliphatic heterocycles. The number of carbonyl (C=O) groups is 1. The van der Waals surface area contributed by atoms with Crippen LogP contribution in [0, 0.1) is 0 Å². The van der Waals surface area contributed by atoms with E-state index in [0.717, 1.165) is 12.8 Å². The molecule has 2 heteroatoms. The van der Waals surface area contributed by atoms with Crippen LogP contribution in [0.1, 0.15) is 72.1 Å². The van der Waals surface area contributed by atoms with Crippen LogP contribution < -0.4 is 0 Å². The molecule has 0 aliphatic carbocycles. The summed E-state index contributed by atoms with van der Waals surface area (Å²) in [5, 5.41) is 0. The van der Waals surface area contributed by atoms with Crippen molar-refractivity contribution in [3.63, 3.8) is 0 Å². The van der Waals surface area contributed by atoms with Crippen LogP contribution in [0.2, 0.25) is 0 Å². The molecule has 90 valence electrons. The van der Waals surface area contributed by atoms with Crippen molar-refractivity contribution in [3.05, 3.63) is 0 Å². The van der Waals surface area contributed by atoms with E-state index in [4.69, 9.17) is 4.74 Å². The second-order valence-corrected chi connectivity index (χ2v) is 4.08. The maximum atomic E-state index is 11.1. The number of rotatable bonds is 9. The Morgan fingerprint density at radius 3 is 2.27 bits per heavy atom. The van der Waals surface area contributed by atoms with Gasteiger partial charge in [-0.05, 0) is 19.3 Å². The average molecular weight is 214 g/mol. The lowest BCUT2D eigenvalue weighted by atomic mass is 10.1. The topological polar surface area (TPSA) is 26.3 Å². The van der Waals surface area contributed by atoms with Crippen molar-refractivity contribution in [2.45, 2.75) is 78.2 Å². The van der Waals surface area contributed by atoms with E-state index in [1.807, 2.05) is 6.92 Å². The fraction of sp³-hybridized carbons (Fsp3) is 0.923. The molecule has 0 rings (SSSR count). The van der Waals surface area contributed by atoms with Gasteiger partial charge in [0.05, 0.1) is 0 Å². The van der Waals surface area contributed by atoms with Crippen molar-refractivity contribution in [1.82, 2.24) is 0 Å².